The molecule has 1 atom stereocenters. The molecule has 1 aliphatic carbocycles. The van der Waals surface area contributed by atoms with E-state index < -0.39 is 5.54 Å². The maximum atomic E-state index is 13.9. The highest BCUT2D eigenvalue weighted by Crippen LogP contribution is 2.31. The zero-order valence-corrected chi connectivity index (χ0v) is 22.1. The summed E-state index contributed by atoms with van der Waals surface area (Å²) in [6.07, 6.45) is 8.41. The van der Waals surface area contributed by atoms with Crippen LogP contribution < -0.4 is 5.32 Å². The Morgan fingerprint density at radius 1 is 1.00 bits per heavy atom. The SMILES string of the molecule is CCc1ccc(-c2cc3n(n2)C[C@](C)(C(=O)NC2CCCCCC2)N(CCc2ccccc2)C3=O)cc1. The molecule has 194 valence electrons. The Morgan fingerprint density at radius 3 is 2.38 bits per heavy atom. The lowest BCUT2D eigenvalue weighted by Crippen LogP contribution is -2.65. The van der Waals surface area contributed by atoms with Crippen molar-refractivity contribution < 1.29 is 9.59 Å². The fraction of sp³-hybridized carbons (Fsp3) is 0.452. The van der Waals surface area contributed by atoms with Crippen LogP contribution in [0.3, 0.4) is 0 Å². The molecule has 1 aliphatic heterocycles. The molecule has 1 saturated carbocycles. The van der Waals surface area contributed by atoms with Gasteiger partial charge in [0, 0.05) is 18.2 Å². The fourth-order valence-electron chi connectivity index (χ4n) is 5.69. The van der Waals surface area contributed by atoms with Crippen LogP contribution in [-0.2, 0) is 24.2 Å². The van der Waals surface area contributed by atoms with Gasteiger partial charge < -0.3 is 10.2 Å². The molecule has 2 amide bonds. The molecule has 6 nitrogen and oxygen atoms in total. The molecule has 3 aromatic rings. The third-order valence-corrected chi connectivity index (χ3v) is 8.10. The molecule has 0 bridgehead atoms. The van der Waals surface area contributed by atoms with Crippen LogP contribution in [0.15, 0.2) is 60.7 Å². The highest BCUT2D eigenvalue weighted by atomic mass is 16.2. The Balaban J connectivity index is 1.45. The molecule has 6 heteroatoms. The summed E-state index contributed by atoms with van der Waals surface area (Å²) in [6, 6.07) is 20.5. The topological polar surface area (TPSA) is 67.2 Å². The average Bonchev–Trinajstić information content (AvgIpc) is 3.17. The predicted molar refractivity (Wildman–Crippen MR) is 146 cm³/mol. The van der Waals surface area contributed by atoms with E-state index >= 15 is 0 Å². The van der Waals surface area contributed by atoms with Crippen LogP contribution in [0, 0.1) is 0 Å². The van der Waals surface area contributed by atoms with Crippen molar-refractivity contribution in [3.8, 4) is 11.3 Å². The zero-order chi connectivity index (χ0) is 25.8. The monoisotopic (exact) mass is 498 g/mol. The van der Waals surface area contributed by atoms with E-state index in [4.69, 9.17) is 5.10 Å². The fourth-order valence-corrected chi connectivity index (χ4v) is 5.69. The number of aromatic nitrogens is 2. The van der Waals surface area contributed by atoms with Crippen molar-refractivity contribution in [1.82, 2.24) is 20.0 Å². The minimum Gasteiger partial charge on any atom is -0.351 e. The van der Waals surface area contributed by atoms with Crippen LogP contribution in [0.25, 0.3) is 11.3 Å². The minimum absolute atomic E-state index is 0.0733. The van der Waals surface area contributed by atoms with Crippen LogP contribution in [0.5, 0.6) is 0 Å². The van der Waals surface area contributed by atoms with Gasteiger partial charge in [-0.15, -0.1) is 0 Å². The second-order valence-electron chi connectivity index (χ2n) is 10.8. The van der Waals surface area contributed by atoms with Gasteiger partial charge in [0.25, 0.3) is 5.91 Å². The third-order valence-electron chi connectivity index (χ3n) is 8.10. The molecular weight excluding hydrogens is 460 g/mol. The van der Waals surface area contributed by atoms with E-state index in [1.165, 1.54) is 18.4 Å². The van der Waals surface area contributed by atoms with Crippen LogP contribution in [-0.4, -0.2) is 44.6 Å². The second-order valence-corrected chi connectivity index (χ2v) is 10.8. The van der Waals surface area contributed by atoms with Crippen molar-refractivity contribution >= 4 is 11.8 Å². The van der Waals surface area contributed by atoms with Crippen LogP contribution in [0.4, 0.5) is 0 Å². The normalized spacial score (nSPS) is 20.4. The lowest BCUT2D eigenvalue weighted by atomic mass is 9.93. The van der Waals surface area contributed by atoms with Gasteiger partial charge in [-0.1, -0.05) is 87.2 Å². The van der Waals surface area contributed by atoms with Gasteiger partial charge in [-0.2, -0.15) is 5.10 Å². The lowest BCUT2D eigenvalue weighted by Gasteiger charge is -2.44. The molecule has 0 unspecified atom stereocenters. The molecule has 2 heterocycles. The van der Waals surface area contributed by atoms with Gasteiger partial charge in [0.1, 0.15) is 11.2 Å². The summed E-state index contributed by atoms with van der Waals surface area (Å²) in [5.74, 6) is -0.208. The van der Waals surface area contributed by atoms with Crippen molar-refractivity contribution in [2.75, 3.05) is 6.54 Å². The van der Waals surface area contributed by atoms with E-state index in [-0.39, 0.29) is 17.9 Å². The lowest BCUT2D eigenvalue weighted by molar-refractivity contribution is -0.133. The number of carbonyl (C=O) groups is 2. The third kappa shape index (κ3) is 5.34. The maximum Gasteiger partial charge on any atom is 0.273 e. The standard InChI is InChI=1S/C31H38N4O2/c1-3-23-15-17-25(18-16-23)27-21-28-29(36)34(20-19-24-11-7-6-8-12-24)31(2,22-35(28)33-27)30(37)32-26-13-9-4-5-10-14-26/h6-8,11-12,15-18,21,26H,3-5,9-10,13-14,19-20,22H2,1-2H3,(H,32,37)/t31-/m1/s1. The van der Waals surface area contributed by atoms with E-state index in [9.17, 15) is 9.59 Å². The van der Waals surface area contributed by atoms with E-state index in [2.05, 4.69) is 48.6 Å². The molecular formula is C31H38N4O2. The summed E-state index contributed by atoms with van der Waals surface area (Å²) in [7, 11) is 0. The highest BCUT2D eigenvalue weighted by Gasteiger charge is 2.48. The molecule has 37 heavy (non-hydrogen) atoms. The molecule has 0 spiro atoms. The Morgan fingerprint density at radius 2 is 1.70 bits per heavy atom. The van der Waals surface area contributed by atoms with E-state index in [0.717, 1.165) is 48.9 Å². The Labute approximate surface area is 220 Å². The first-order chi connectivity index (χ1) is 18.0. The molecule has 0 saturated heterocycles. The van der Waals surface area contributed by atoms with Gasteiger partial charge >= 0.3 is 0 Å². The maximum absolute atomic E-state index is 13.9. The van der Waals surface area contributed by atoms with E-state index in [1.807, 2.05) is 31.2 Å². The first kappa shape index (κ1) is 25.2. The van der Waals surface area contributed by atoms with Gasteiger partial charge in [0.15, 0.2) is 0 Å². The number of fused-ring (bicyclic) bond motifs is 1. The number of amides is 2. The minimum atomic E-state index is -1.01. The second kappa shape index (κ2) is 10.9. The van der Waals surface area contributed by atoms with Crippen LogP contribution >= 0.6 is 0 Å². The number of benzene rings is 2. The van der Waals surface area contributed by atoms with Gasteiger partial charge in [-0.05, 0) is 49.8 Å². The van der Waals surface area contributed by atoms with Crippen molar-refractivity contribution in [3.05, 3.63) is 77.5 Å². The van der Waals surface area contributed by atoms with Gasteiger partial charge in [-0.3, -0.25) is 14.3 Å². The molecule has 1 N–H and O–H groups in total. The van der Waals surface area contributed by atoms with Crippen molar-refractivity contribution in [2.45, 2.75) is 83.3 Å². The highest BCUT2D eigenvalue weighted by molar-refractivity contribution is 6.00. The molecule has 1 aromatic heterocycles. The summed E-state index contributed by atoms with van der Waals surface area (Å²) in [4.78, 5) is 29.6. The summed E-state index contributed by atoms with van der Waals surface area (Å²) in [5, 5.41) is 8.13. The summed E-state index contributed by atoms with van der Waals surface area (Å²) in [5.41, 5.74) is 3.69. The Hall–Kier alpha value is -3.41. The summed E-state index contributed by atoms with van der Waals surface area (Å²) in [6.45, 7) is 4.86. The Bertz CT molecular complexity index is 1230. The summed E-state index contributed by atoms with van der Waals surface area (Å²) >= 11 is 0. The van der Waals surface area contributed by atoms with Crippen molar-refractivity contribution in [2.24, 2.45) is 0 Å². The number of nitrogens with one attached hydrogen (secondary N) is 1. The smallest absolute Gasteiger partial charge is 0.273 e. The van der Waals surface area contributed by atoms with Gasteiger partial charge in [0.05, 0.1) is 12.2 Å². The number of aryl methyl sites for hydroxylation is 1. The first-order valence-corrected chi connectivity index (χ1v) is 13.8. The van der Waals surface area contributed by atoms with Crippen molar-refractivity contribution in [1.29, 1.82) is 0 Å². The molecule has 5 rings (SSSR count). The molecule has 2 aromatic carbocycles. The van der Waals surface area contributed by atoms with Gasteiger partial charge in [0.2, 0.25) is 5.91 Å². The van der Waals surface area contributed by atoms with Crippen molar-refractivity contribution in [3.63, 3.8) is 0 Å². The number of carbonyl (C=O) groups excluding carboxylic acids is 2. The number of nitrogens with zero attached hydrogens (tertiary/aromatic N) is 3. The quantitative estimate of drug-likeness (QED) is 0.443. The molecule has 1 fully saturated rings. The van der Waals surface area contributed by atoms with Crippen LogP contribution in [0.2, 0.25) is 0 Å². The molecule has 0 radical (unpaired) electrons. The van der Waals surface area contributed by atoms with Crippen LogP contribution in [0.1, 0.15) is 74.0 Å². The number of rotatable bonds is 7. The van der Waals surface area contributed by atoms with E-state index in [1.54, 1.807) is 9.58 Å². The zero-order valence-electron chi connectivity index (χ0n) is 22.1. The number of hydrogen-bond acceptors (Lipinski definition) is 3. The largest absolute Gasteiger partial charge is 0.351 e. The predicted octanol–water partition coefficient (Wildman–Crippen LogP) is 5.41. The van der Waals surface area contributed by atoms with Gasteiger partial charge in [-0.25, -0.2) is 0 Å². The average molecular weight is 499 g/mol. The first-order valence-electron chi connectivity index (χ1n) is 13.8. The van der Waals surface area contributed by atoms with E-state index in [0.29, 0.717) is 25.2 Å². The number of hydrogen-bond donors (Lipinski definition) is 1. The Kier molecular flexibility index (Phi) is 7.45. The molecule has 2 aliphatic rings. The summed E-state index contributed by atoms with van der Waals surface area (Å²) < 4.78 is 1.75.